The topological polar surface area (TPSA) is 0 Å². The number of hydrogen-bond donors (Lipinski definition) is 0. The minimum absolute atomic E-state index is 0.0939. The lowest BCUT2D eigenvalue weighted by Gasteiger charge is -2.05. The van der Waals surface area contributed by atoms with E-state index in [0.717, 1.165) is 0 Å². The van der Waals surface area contributed by atoms with Crippen molar-refractivity contribution in [2.45, 2.75) is 20.8 Å². The summed E-state index contributed by atoms with van der Waals surface area (Å²) in [5.74, 6) is 6.51. The number of allylic oxidation sites excluding steroid dienone is 2. The van der Waals surface area contributed by atoms with Gasteiger partial charge < -0.3 is 0 Å². The summed E-state index contributed by atoms with van der Waals surface area (Å²) < 4.78 is 0. The number of rotatable bonds is 1. The van der Waals surface area contributed by atoms with Gasteiger partial charge in [0.15, 0.2) is 0 Å². The van der Waals surface area contributed by atoms with Crippen molar-refractivity contribution >= 4 is 11.6 Å². The fraction of sp³-hybridized carbons (Fsp3) is 0.556. The Hall–Kier alpha value is -0.410. The second-order valence-corrected chi connectivity index (χ2v) is 3.38. The molecule has 0 spiro atoms. The Morgan fingerprint density at radius 2 is 2.00 bits per heavy atom. The number of halogens is 1. The Labute approximate surface area is 68.3 Å². The molecule has 0 atom stereocenters. The SMILES string of the molecule is CC(C)(C)C#CC=CCCl. The summed E-state index contributed by atoms with van der Waals surface area (Å²) in [7, 11) is 0. The van der Waals surface area contributed by atoms with E-state index in [1.807, 2.05) is 6.08 Å². The molecule has 56 valence electrons. The molecule has 0 nitrogen and oxygen atoms in total. The van der Waals surface area contributed by atoms with Crippen LogP contribution in [0, 0.1) is 17.3 Å². The lowest BCUT2D eigenvalue weighted by molar-refractivity contribution is 0.571. The largest absolute Gasteiger partial charge is 0.122 e. The maximum Gasteiger partial charge on any atom is 0.0413 e. The fourth-order valence-corrected chi connectivity index (χ4v) is 0.451. The van der Waals surface area contributed by atoms with Crippen LogP contribution in [-0.4, -0.2) is 5.88 Å². The summed E-state index contributed by atoms with van der Waals surface area (Å²) in [6.07, 6.45) is 3.62. The molecule has 0 saturated carbocycles. The third kappa shape index (κ3) is 7.59. The van der Waals surface area contributed by atoms with E-state index in [4.69, 9.17) is 11.6 Å². The average Bonchev–Trinajstić information content (AvgIpc) is 1.78. The van der Waals surface area contributed by atoms with E-state index in [2.05, 4.69) is 32.6 Å². The molecule has 0 aromatic heterocycles. The van der Waals surface area contributed by atoms with Gasteiger partial charge in [-0.2, -0.15) is 0 Å². The molecule has 0 aliphatic carbocycles. The lowest BCUT2D eigenvalue weighted by atomic mass is 9.98. The second kappa shape index (κ2) is 4.41. The molecule has 0 heterocycles. The highest BCUT2D eigenvalue weighted by atomic mass is 35.5. The van der Waals surface area contributed by atoms with Crippen LogP contribution in [0.25, 0.3) is 0 Å². The van der Waals surface area contributed by atoms with Crippen LogP contribution in [0.1, 0.15) is 20.8 Å². The summed E-state index contributed by atoms with van der Waals surface area (Å²) in [6.45, 7) is 6.23. The van der Waals surface area contributed by atoms with Gasteiger partial charge in [-0.1, -0.05) is 17.9 Å². The van der Waals surface area contributed by atoms with Crippen molar-refractivity contribution in [3.8, 4) is 11.8 Å². The van der Waals surface area contributed by atoms with E-state index >= 15 is 0 Å². The van der Waals surface area contributed by atoms with Crippen LogP contribution in [0.4, 0.5) is 0 Å². The van der Waals surface area contributed by atoms with Gasteiger partial charge in [0, 0.05) is 11.3 Å². The second-order valence-electron chi connectivity index (χ2n) is 3.08. The van der Waals surface area contributed by atoms with Gasteiger partial charge >= 0.3 is 0 Å². The molecular formula is C9H13Cl. The van der Waals surface area contributed by atoms with E-state index in [1.54, 1.807) is 6.08 Å². The summed E-state index contributed by atoms with van der Waals surface area (Å²) >= 11 is 5.40. The summed E-state index contributed by atoms with van der Waals surface area (Å²) in [5.41, 5.74) is 0.0939. The van der Waals surface area contributed by atoms with E-state index in [0.29, 0.717) is 5.88 Å². The smallest absolute Gasteiger partial charge is 0.0413 e. The van der Waals surface area contributed by atoms with Gasteiger partial charge in [-0.05, 0) is 26.8 Å². The molecule has 0 N–H and O–H groups in total. The minimum atomic E-state index is 0.0939. The highest BCUT2D eigenvalue weighted by Crippen LogP contribution is 2.09. The van der Waals surface area contributed by atoms with Gasteiger partial charge in [0.05, 0.1) is 0 Å². The molecule has 0 radical (unpaired) electrons. The average molecular weight is 157 g/mol. The molecule has 0 aromatic carbocycles. The molecule has 0 amide bonds. The Morgan fingerprint density at radius 3 is 2.40 bits per heavy atom. The van der Waals surface area contributed by atoms with Crippen molar-refractivity contribution in [1.29, 1.82) is 0 Å². The monoisotopic (exact) mass is 156 g/mol. The van der Waals surface area contributed by atoms with Crippen LogP contribution in [0.2, 0.25) is 0 Å². The maximum absolute atomic E-state index is 5.40. The van der Waals surface area contributed by atoms with Crippen molar-refractivity contribution in [3.05, 3.63) is 12.2 Å². The Bertz CT molecular complexity index is 161. The first kappa shape index (κ1) is 9.59. The van der Waals surface area contributed by atoms with Crippen molar-refractivity contribution in [3.63, 3.8) is 0 Å². The van der Waals surface area contributed by atoms with Gasteiger partial charge in [-0.25, -0.2) is 0 Å². The van der Waals surface area contributed by atoms with Crippen LogP contribution in [-0.2, 0) is 0 Å². The molecule has 0 rings (SSSR count). The van der Waals surface area contributed by atoms with E-state index in [1.165, 1.54) is 0 Å². The van der Waals surface area contributed by atoms with Crippen LogP contribution in [0.5, 0.6) is 0 Å². The standard InChI is InChI=1S/C9H13Cl/c1-9(2,3)7-5-4-6-8-10/h4,6H,8H2,1-3H3. The summed E-state index contributed by atoms with van der Waals surface area (Å²) in [5, 5.41) is 0. The van der Waals surface area contributed by atoms with E-state index < -0.39 is 0 Å². The van der Waals surface area contributed by atoms with Crippen molar-refractivity contribution in [2.24, 2.45) is 5.41 Å². The Balaban J connectivity index is 3.81. The molecule has 0 bridgehead atoms. The molecule has 1 heteroatoms. The molecule has 0 unspecified atom stereocenters. The number of alkyl halides is 1. The van der Waals surface area contributed by atoms with Gasteiger partial charge in [0.2, 0.25) is 0 Å². The zero-order valence-electron chi connectivity index (χ0n) is 6.74. The zero-order valence-corrected chi connectivity index (χ0v) is 7.50. The normalized spacial score (nSPS) is 11.2. The minimum Gasteiger partial charge on any atom is -0.122 e. The van der Waals surface area contributed by atoms with Crippen LogP contribution in [0.15, 0.2) is 12.2 Å². The van der Waals surface area contributed by atoms with Crippen LogP contribution in [0.3, 0.4) is 0 Å². The molecular weight excluding hydrogens is 144 g/mol. The Kier molecular flexibility index (Phi) is 4.23. The molecule has 0 saturated heterocycles. The van der Waals surface area contributed by atoms with Crippen LogP contribution >= 0.6 is 11.6 Å². The van der Waals surface area contributed by atoms with Crippen LogP contribution < -0.4 is 0 Å². The first-order valence-electron chi connectivity index (χ1n) is 3.30. The third-order valence-corrected chi connectivity index (χ3v) is 0.916. The third-order valence-electron chi connectivity index (χ3n) is 0.737. The van der Waals surface area contributed by atoms with Crippen molar-refractivity contribution in [2.75, 3.05) is 5.88 Å². The van der Waals surface area contributed by atoms with Gasteiger partial charge in [-0.3, -0.25) is 0 Å². The summed E-state index contributed by atoms with van der Waals surface area (Å²) in [6, 6.07) is 0. The molecule has 0 aromatic rings. The highest BCUT2D eigenvalue weighted by molar-refractivity contribution is 6.18. The first-order chi connectivity index (χ1) is 4.56. The summed E-state index contributed by atoms with van der Waals surface area (Å²) in [4.78, 5) is 0. The fourth-order valence-electron chi connectivity index (χ4n) is 0.362. The zero-order chi connectivity index (χ0) is 8.04. The predicted molar refractivity (Wildman–Crippen MR) is 47.1 cm³/mol. The van der Waals surface area contributed by atoms with Gasteiger partial charge in [0.1, 0.15) is 0 Å². The molecule has 0 aliphatic heterocycles. The van der Waals surface area contributed by atoms with E-state index in [9.17, 15) is 0 Å². The molecule has 0 fully saturated rings. The quantitative estimate of drug-likeness (QED) is 0.405. The van der Waals surface area contributed by atoms with Crippen molar-refractivity contribution < 1.29 is 0 Å². The van der Waals surface area contributed by atoms with E-state index in [-0.39, 0.29) is 5.41 Å². The first-order valence-corrected chi connectivity index (χ1v) is 3.83. The Morgan fingerprint density at radius 1 is 1.40 bits per heavy atom. The van der Waals surface area contributed by atoms with Gasteiger partial charge in [-0.15, -0.1) is 11.6 Å². The maximum atomic E-state index is 5.40. The molecule has 0 aliphatic rings. The number of hydrogen-bond acceptors (Lipinski definition) is 0. The highest BCUT2D eigenvalue weighted by Gasteiger charge is 2.01. The van der Waals surface area contributed by atoms with Gasteiger partial charge in [0.25, 0.3) is 0 Å². The van der Waals surface area contributed by atoms with Crippen molar-refractivity contribution in [1.82, 2.24) is 0 Å². The molecule has 10 heavy (non-hydrogen) atoms. The predicted octanol–water partition coefficient (Wildman–Crippen LogP) is 2.83. The lowest BCUT2D eigenvalue weighted by Crippen LogP contribution is -1.98.